The predicted octanol–water partition coefficient (Wildman–Crippen LogP) is 5.08. The summed E-state index contributed by atoms with van der Waals surface area (Å²) < 4.78 is 11.5. The van der Waals surface area contributed by atoms with Gasteiger partial charge < -0.3 is 30.0 Å². The van der Waals surface area contributed by atoms with Gasteiger partial charge in [-0.25, -0.2) is 9.78 Å². The lowest BCUT2D eigenvalue weighted by Crippen LogP contribution is -2.49. The molecule has 1 atom stereocenters. The van der Waals surface area contributed by atoms with E-state index in [0.29, 0.717) is 29.2 Å². The quantitative estimate of drug-likeness (QED) is 0.414. The van der Waals surface area contributed by atoms with E-state index in [0.717, 1.165) is 34.9 Å². The fraction of sp³-hybridized carbons (Fsp3) is 0.400. The summed E-state index contributed by atoms with van der Waals surface area (Å²) in [4.78, 5) is 35.2. The second-order valence-electron chi connectivity index (χ2n) is 9.50. The Morgan fingerprint density at radius 3 is 2.83 bits per heavy atom. The summed E-state index contributed by atoms with van der Waals surface area (Å²) in [7, 11) is 1.57. The predicted molar refractivity (Wildman–Crippen MR) is 139 cm³/mol. The molecule has 1 aromatic carbocycles. The molecule has 35 heavy (non-hydrogen) atoms. The van der Waals surface area contributed by atoms with Gasteiger partial charge in [0.1, 0.15) is 17.0 Å². The number of aromatic amines is 1. The molecule has 1 aliphatic heterocycles. The number of amides is 2. The van der Waals surface area contributed by atoms with Crippen LogP contribution in [0.1, 0.15) is 44.0 Å². The number of fused-ring (bicyclic) bond motifs is 1. The van der Waals surface area contributed by atoms with Gasteiger partial charge in [-0.05, 0) is 67.7 Å². The third kappa shape index (κ3) is 5.87. The smallest absolute Gasteiger partial charge is 0.407 e. The van der Waals surface area contributed by atoms with Gasteiger partial charge in [-0.1, -0.05) is 6.07 Å². The lowest BCUT2D eigenvalue weighted by molar-refractivity contribution is 0.0500. The van der Waals surface area contributed by atoms with Crippen LogP contribution in [-0.4, -0.2) is 53.8 Å². The van der Waals surface area contributed by atoms with Crippen LogP contribution in [0.2, 0.25) is 0 Å². The zero-order valence-corrected chi connectivity index (χ0v) is 21.9. The van der Waals surface area contributed by atoms with Gasteiger partial charge in [0.2, 0.25) is 0 Å². The van der Waals surface area contributed by atoms with Crippen molar-refractivity contribution in [1.82, 2.24) is 15.3 Å². The number of rotatable bonds is 5. The van der Waals surface area contributed by atoms with E-state index in [9.17, 15) is 9.59 Å². The van der Waals surface area contributed by atoms with Gasteiger partial charge in [-0.3, -0.25) is 4.79 Å². The first-order valence-corrected chi connectivity index (χ1v) is 12.3. The third-order valence-corrected chi connectivity index (χ3v) is 6.25. The largest absolute Gasteiger partial charge is 0.497 e. The van der Waals surface area contributed by atoms with Gasteiger partial charge in [0.15, 0.2) is 0 Å². The van der Waals surface area contributed by atoms with Crippen molar-refractivity contribution < 1.29 is 19.1 Å². The number of aromatic nitrogens is 2. The highest BCUT2D eigenvalue weighted by Gasteiger charge is 2.27. The number of H-pyrrole nitrogens is 1. The highest BCUT2D eigenvalue weighted by molar-refractivity contribution is 9.10. The Hall–Kier alpha value is -3.27. The Morgan fingerprint density at radius 1 is 1.29 bits per heavy atom. The number of hydrogen-bond donors (Lipinski definition) is 3. The number of alkyl carbamates (subject to hydrolysis) is 1. The molecule has 3 N–H and O–H groups in total. The second kappa shape index (κ2) is 10.2. The maximum atomic E-state index is 13.0. The fourth-order valence-corrected chi connectivity index (χ4v) is 4.75. The van der Waals surface area contributed by atoms with Crippen LogP contribution in [0.15, 0.2) is 41.1 Å². The van der Waals surface area contributed by atoms with Crippen molar-refractivity contribution >= 4 is 50.3 Å². The lowest BCUT2D eigenvalue weighted by Gasteiger charge is -2.36. The number of ether oxygens (including phenoxy) is 2. The Kier molecular flexibility index (Phi) is 7.20. The molecular formula is C25H30BrN5O4. The summed E-state index contributed by atoms with van der Waals surface area (Å²) in [6.07, 6.45) is 4.82. The van der Waals surface area contributed by atoms with Crippen LogP contribution < -0.4 is 20.3 Å². The van der Waals surface area contributed by atoms with Crippen LogP contribution in [0.25, 0.3) is 11.0 Å². The minimum absolute atomic E-state index is 0.0671. The number of carbonyl (C=O) groups is 2. The zero-order chi connectivity index (χ0) is 25.2. The molecule has 2 amide bonds. The van der Waals surface area contributed by atoms with Gasteiger partial charge in [0, 0.05) is 37.1 Å². The topological polar surface area (TPSA) is 109 Å². The SMILES string of the molecule is COc1cccc(C(=O)Nc2c[nH]c3ncc(Br)c(N4CCCC(NC(=O)OC(C)(C)C)C4)c23)c1. The van der Waals surface area contributed by atoms with Crippen molar-refractivity contribution in [3.63, 3.8) is 0 Å². The number of nitrogens with zero attached hydrogens (tertiary/aromatic N) is 2. The minimum atomic E-state index is -0.556. The van der Waals surface area contributed by atoms with Gasteiger partial charge in [-0.2, -0.15) is 0 Å². The van der Waals surface area contributed by atoms with Crippen LogP contribution in [0.4, 0.5) is 16.2 Å². The molecule has 3 aromatic rings. The number of anilines is 2. The van der Waals surface area contributed by atoms with Gasteiger partial charge >= 0.3 is 6.09 Å². The first-order chi connectivity index (χ1) is 16.6. The van der Waals surface area contributed by atoms with Crippen LogP contribution in [0.3, 0.4) is 0 Å². The van der Waals surface area contributed by atoms with E-state index in [2.05, 4.69) is 41.4 Å². The maximum absolute atomic E-state index is 13.0. The monoisotopic (exact) mass is 543 g/mol. The van der Waals surface area contributed by atoms with Crippen LogP contribution in [-0.2, 0) is 4.74 Å². The summed E-state index contributed by atoms with van der Waals surface area (Å²) >= 11 is 3.65. The number of pyridine rings is 1. The molecule has 1 saturated heterocycles. The molecule has 0 aliphatic carbocycles. The molecule has 1 fully saturated rings. The highest BCUT2D eigenvalue weighted by Crippen LogP contribution is 2.39. The summed E-state index contributed by atoms with van der Waals surface area (Å²) in [5.74, 6) is 0.359. The first-order valence-electron chi connectivity index (χ1n) is 11.5. The van der Waals surface area contributed by atoms with Crippen molar-refractivity contribution in [3.05, 3.63) is 46.7 Å². The van der Waals surface area contributed by atoms with Crippen molar-refractivity contribution in [2.45, 2.75) is 45.3 Å². The van der Waals surface area contributed by atoms with E-state index < -0.39 is 11.7 Å². The first kappa shape index (κ1) is 24.8. The normalized spacial score (nSPS) is 16.1. The highest BCUT2D eigenvalue weighted by atomic mass is 79.9. The van der Waals surface area contributed by atoms with Gasteiger partial charge in [0.25, 0.3) is 5.91 Å². The average molecular weight is 544 g/mol. The molecule has 1 unspecified atom stereocenters. The molecule has 0 radical (unpaired) electrons. The maximum Gasteiger partial charge on any atom is 0.407 e. The molecule has 4 rings (SSSR count). The van der Waals surface area contributed by atoms with Crippen LogP contribution in [0, 0.1) is 0 Å². The van der Waals surface area contributed by atoms with Crippen molar-refractivity contribution in [3.8, 4) is 5.75 Å². The second-order valence-corrected chi connectivity index (χ2v) is 10.4. The molecule has 1 aliphatic rings. The molecular weight excluding hydrogens is 514 g/mol. The number of piperidine rings is 1. The summed E-state index contributed by atoms with van der Waals surface area (Å²) in [5, 5.41) is 6.80. The summed E-state index contributed by atoms with van der Waals surface area (Å²) in [6, 6.07) is 6.93. The molecule has 0 saturated carbocycles. The Morgan fingerprint density at radius 2 is 2.09 bits per heavy atom. The summed E-state index contributed by atoms with van der Waals surface area (Å²) in [5.41, 5.74) is 2.13. The number of methoxy groups -OCH3 is 1. The molecule has 0 bridgehead atoms. The van der Waals surface area contributed by atoms with E-state index in [4.69, 9.17) is 9.47 Å². The minimum Gasteiger partial charge on any atom is -0.497 e. The van der Waals surface area contributed by atoms with Crippen molar-refractivity contribution in [2.75, 3.05) is 30.4 Å². The van der Waals surface area contributed by atoms with Crippen LogP contribution in [0.5, 0.6) is 5.75 Å². The molecule has 186 valence electrons. The van der Waals surface area contributed by atoms with Gasteiger partial charge in [-0.15, -0.1) is 0 Å². The van der Waals surface area contributed by atoms with Crippen LogP contribution >= 0.6 is 15.9 Å². The molecule has 2 aromatic heterocycles. The fourth-order valence-electron chi connectivity index (χ4n) is 4.19. The molecule has 3 heterocycles. The number of carbonyl (C=O) groups excluding carboxylic acids is 2. The van der Waals surface area contributed by atoms with E-state index >= 15 is 0 Å². The van der Waals surface area contributed by atoms with E-state index in [1.54, 1.807) is 43.8 Å². The number of nitrogens with one attached hydrogen (secondary N) is 3. The Balaban J connectivity index is 1.59. The lowest BCUT2D eigenvalue weighted by atomic mass is 10.0. The van der Waals surface area contributed by atoms with Crippen molar-refractivity contribution in [2.24, 2.45) is 0 Å². The van der Waals surface area contributed by atoms with E-state index in [1.165, 1.54) is 0 Å². The zero-order valence-electron chi connectivity index (χ0n) is 20.3. The molecule has 9 nitrogen and oxygen atoms in total. The number of halogens is 1. The van der Waals surface area contributed by atoms with E-state index in [-0.39, 0.29) is 11.9 Å². The van der Waals surface area contributed by atoms with E-state index in [1.807, 2.05) is 20.8 Å². The third-order valence-electron chi connectivity index (χ3n) is 5.67. The van der Waals surface area contributed by atoms with Gasteiger partial charge in [0.05, 0.1) is 28.3 Å². The van der Waals surface area contributed by atoms with Crippen molar-refractivity contribution in [1.29, 1.82) is 0 Å². The molecule has 10 heteroatoms. The number of benzene rings is 1. The Bertz CT molecular complexity index is 1240. The number of hydrogen-bond acceptors (Lipinski definition) is 6. The Labute approximate surface area is 212 Å². The average Bonchev–Trinajstić information content (AvgIpc) is 3.20. The summed E-state index contributed by atoms with van der Waals surface area (Å²) in [6.45, 7) is 6.94. The molecule has 0 spiro atoms. The standard InChI is InChI=1S/C25H30BrN5O4/c1-25(2,3)35-24(33)29-16-8-6-10-31(14-16)21-18(26)12-27-22-20(21)19(13-28-22)30-23(32)15-7-5-9-17(11-15)34-4/h5,7,9,11-13,16H,6,8,10,14H2,1-4H3,(H,27,28)(H,29,33)(H,30,32).